The third kappa shape index (κ3) is 4.26. The summed E-state index contributed by atoms with van der Waals surface area (Å²) in [5, 5.41) is 3.10. The summed E-state index contributed by atoms with van der Waals surface area (Å²) in [6.07, 6.45) is -4.77. The van der Waals surface area contributed by atoms with Crippen molar-refractivity contribution >= 4 is 27.8 Å². The van der Waals surface area contributed by atoms with Gasteiger partial charge in [-0.25, -0.2) is 0 Å². The lowest BCUT2D eigenvalue weighted by atomic mass is 10.2. The first-order chi connectivity index (χ1) is 7.83. The Morgan fingerprint density at radius 1 is 1.53 bits per heavy atom. The molecule has 0 amide bonds. The van der Waals surface area contributed by atoms with Crippen molar-refractivity contribution < 1.29 is 18.0 Å². The maximum absolute atomic E-state index is 11.9. The number of hydrogen-bond donors (Lipinski definition) is 2. The Morgan fingerprint density at radius 3 is 2.71 bits per heavy atom. The van der Waals surface area contributed by atoms with Gasteiger partial charge in [0.25, 0.3) is 0 Å². The van der Waals surface area contributed by atoms with Gasteiger partial charge in [0.1, 0.15) is 0 Å². The molecule has 0 radical (unpaired) electrons. The Bertz CT molecular complexity index is 401. The van der Waals surface area contributed by atoms with Gasteiger partial charge in [0, 0.05) is 13.0 Å². The number of Topliss-reactive ketones (excluding diaryl/α,β-unsaturated/α-hetero) is 1. The van der Waals surface area contributed by atoms with Crippen LogP contribution in [0.1, 0.15) is 29.4 Å². The number of nitrogens with one attached hydrogen (secondary N) is 1. The van der Waals surface area contributed by atoms with E-state index in [1.54, 1.807) is 6.92 Å². The molecule has 1 aromatic rings. The smallest absolute Gasteiger partial charge is 0.390 e. The van der Waals surface area contributed by atoms with Crippen LogP contribution in [0, 0.1) is 0 Å². The Balaban J connectivity index is 2.59. The van der Waals surface area contributed by atoms with Gasteiger partial charge < -0.3 is 11.1 Å². The van der Waals surface area contributed by atoms with Crippen LogP contribution in [0.5, 0.6) is 0 Å². The van der Waals surface area contributed by atoms with E-state index >= 15 is 0 Å². The van der Waals surface area contributed by atoms with Gasteiger partial charge in [-0.3, -0.25) is 4.79 Å². The van der Waals surface area contributed by atoms with Gasteiger partial charge in [0.2, 0.25) is 0 Å². The van der Waals surface area contributed by atoms with Crippen LogP contribution in [-0.4, -0.2) is 18.5 Å². The second-order valence-corrected chi connectivity index (χ2v) is 4.52. The van der Waals surface area contributed by atoms with Crippen molar-refractivity contribution in [1.29, 1.82) is 0 Å². The van der Waals surface area contributed by atoms with E-state index in [1.807, 2.05) is 0 Å². The molecule has 0 atom stereocenters. The van der Waals surface area contributed by atoms with Crippen LogP contribution in [0.25, 0.3) is 0 Å². The number of carbonyl (C=O) groups is 1. The molecule has 0 aliphatic rings. The molecule has 0 fully saturated rings. The molecule has 1 rings (SSSR count). The first kappa shape index (κ1) is 13.8. The average Bonchev–Trinajstić information content (AvgIpc) is 2.57. The minimum absolute atomic E-state index is 0.101. The first-order valence-electron chi connectivity index (χ1n) is 5.06. The zero-order chi connectivity index (χ0) is 13.1. The molecule has 1 aromatic heterocycles. The number of alkyl halides is 3. The summed E-state index contributed by atoms with van der Waals surface area (Å²) in [7, 11) is 0. The molecule has 0 saturated carbocycles. The van der Waals surface area contributed by atoms with E-state index in [1.165, 1.54) is 6.07 Å². The van der Waals surface area contributed by atoms with Crippen molar-refractivity contribution in [2.24, 2.45) is 0 Å². The van der Waals surface area contributed by atoms with Crippen molar-refractivity contribution in [3.8, 4) is 0 Å². The van der Waals surface area contributed by atoms with Crippen LogP contribution in [0.2, 0.25) is 0 Å². The second kappa shape index (κ2) is 5.39. The highest BCUT2D eigenvalue weighted by atomic mass is 32.1. The standard InChI is InChI=1S/C10H13F3N2OS/c1-2-7(16)9-6(14)5-8(17-9)15-4-3-10(11,12)13/h5,15H,2-4,14H2,1H3. The zero-order valence-corrected chi connectivity index (χ0v) is 10.0. The molecular weight excluding hydrogens is 253 g/mol. The van der Waals surface area contributed by atoms with Gasteiger partial charge in [-0.15, -0.1) is 11.3 Å². The molecule has 0 aromatic carbocycles. The number of carbonyl (C=O) groups excluding carboxylic acids is 1. The summed E-state index contributed by atoms with van der Waals surface area (Å²) in [5.74, 6) is -0.101. The fraction of sp³-hybridized carbons (Fsp3) is 0.500. The summed E-state index contributed by atoms with van der Waals surface area (Å²) in [5.41, 5.74) is 5.92. The number of rotatable bonds is 5. The minimum Gasteiger partial charge on any atom is -0.397 e. The lowest BCUT2D eigenvalue weighted by molar-refractivity contribution is -0.131. The van der Waals surface area contributed by atoms with Crippen molar-refractivity contribution in [1.82, 2.24) is 0 Å². The second-order valence-electron chi connectivity index (χ2n) is 3.46. The number of ketones is 1. The summed E-state index contributed by atoms with van der Waals surface area (Å²) in [6.45, 7) is 1.49. The van der Waals surface area contributed by atoms with Gasteiger partial charge in [-0.2, -0.15) is 13.2 Å². The van der Waals surface area contributed by atoms with Crippen molar-refractivity contribution in [2.45, 2.75) is 25.9 Å². The van der Waals surface area contributed by atoms with Gasteiger partial charge >= 0.3 is 6.18 Å². The third-order valence-corrected chi connectivity index (χ3v) is 3.19. The van der Waals surface area contributed by atoms with E-state index in [0.29, 0.717) is 22.0 Å². The van der Waals surface area contributed by atoms with Crippen LogP contribution in [-0.2, 0) is 0 Å². The predicted octanol–water partition coefficient (Wildman–Crippen LogP) is 3.29. The fourth-order valence-corrected chi connectivity index (χ4v) is 2.21. The summed E-state index contributed by atoms with van der Waals surface area (Å²) < 4.78 is 35.7. The quantitative estimate of drug-likeness (QED) is 0.804. The molecule has 0 saturated heterocycles. The van der Waals surface area contributed by atoms with E-state index in [4.69, 9.17) is 5.73 Å². The molecule has 96 valence electrons. The molecule has 3 N–H and O–H groups in total. The largest absolute Gasteiger partial charge is 0.397 e. The molecule has 7 heteroatoms. The topological polar surface area (TPSA) is 55.1 Å². The highest BCUT2D eigenvalue weighted by Gasteiger charge is 2.26. The molecule has 1 heterocycles. The molecule has 3 nitrogen and oxygen atoms in total. The highest BCUT2D eigenvalue weighted by molar-refractivity contribution is 7.18. The maximum Gasteiger partial charge on any atom is 0.390 e. The van der Waals surface area contributed by atoms with Crippen LogP contribution in [0.3, 0.4) is 0 Å². The van der Waals surface area contributed by atoms with Crippen molar-refractivity contribution in [3.05, 3.63) is 10.9 Å². The Kier molecular flexibility index (Phi) is 4.39. The molecule has 0 unspecified atom stereocenters. The van der Waals surface area contributed by atoms with Crippen LogP contribution >= 0.6 is 11.3 Å². The summed E-state index contributed by atoms with van der Waals surface area (Å²) in [6, 6.07) is 1.49. The molecule has 0 spiro atoms. The van der Waals surface area contributed by atoms with E-state index in [0.717, 1.165) is 11.3 Å². The molecule has 0 aliphatic carbocycles. The van der Waals surface area contributed by atoms with Crippen LogP contribution < -0.4 is 11.1 Å². The predicted molar refractivity (Wildman–Crippen MR) is 62.5 cm³/mol. The van der Waals surface area contributed by atoms with Crippen LogP contribution in [0.15, 0.2) is 6.07 Å². The van der Waals surface area contributed by atoms with Crippen molar-refractivity contribution in [2.75, 3.05) is 17.6 Å². The van der Waals surface area contributed by atoms with E-state index in [-0.39, 0.29) is 12.3 Å². The number of nitrogens with two attached hydrogens (primary N) is 1. The molecular formula is C10H13F3N2OS. The number of hydrogen-bond acceptors (Lipinski definition) is 4. The zero-order valence-electron chi connectivity index (χ0n) is 9.23. The normalized spacial score (nSPS) is 11.5. The van der Waals surface area contributed by atoms with Gasteiger partial charge in [0.05, 0.1) is 22.0 Å². The number of halogens is 3. The van der Waals surface area contributed by atoms with E-state index in [2.05, 4.69) is 5.32 Å². The third-order valence-electron chi connectivity index (χ3n) is 2.04. The minimum atomic E-state index is -4.18. The van der Waals surface area contributed by atoms with Gasteiger partial charge in [0.15, 0.2) is 5.78 Å². The van der Waals surface area contributed by atoms with E-state index < -0.39 is 12.6 Å². The number of nitrogen functional groups attached to an aromatic ring is 1. The first-order valence-corrected chi connectivity index (χ1v) is 5.88. The summed E-state index contributed by atoms with van der Waals surface area (Å²) >= 11 is 1.09. The molecule has 17 heavy (non-hydrogen) atoms. The Morgan fingerprint density at radius 2 is 2.18 bits per heavy atom. The monoisotopic (exact) mass is 266 g/mol. The SMILES string of the molecule is CCC(=O)c1sc(NCCC(F)(F)F)cc1N. The number of thiophene rings is 1. The van der Waals surface area contributed by atoms with Gasteiger partial charge in [-0.1, -0.05) is 6.92 Å². The van der Waals surface area contributed by atoms with E-state index in [9.17, 15) is 18.0 Å². The lowest BCUT2D eigenvalue weighted by Gasteiger charge is -2.06. The van der Waals surface area contributed by atoms with Crippen molar-refractivity contribution in [3.63, 3.8) is 0 Å². The fourth-order valence-electron chi connectivity index (χ4n) is 1.20. The average molecular weight is 266 g/mol. The lowest BCUT2D eigenvalue weighted by Crippen LogP contribution is -2.14. The molecule has 0 aliphatic heterocycles. The number of anilines is 2. The highest BCUT2D eigenvalue weighted by Crippen LogP contribution is 2.30. The van der Waals surface area contributed by atoms with Crippen LogP contribution in [0.4, 0.5) is 23.9 Å². The molecule has 0 bridgehead atoms. The summed E-state index contributed by atoms with van der Waals surface area (Å²) in [4.78, 5) is 11.8. The van der Waals surface area contributed by atoms with Gasteiger partial charge in [-0.05, 0) is 6.07 Å². The maximum atomic E-state index is 11.9. The Labute approximate surface area is 101 Å². The Hall–Kier alpha value is -1.24.